The van der Waals surface area contributed by atoms with Gasteiger partial charge >= 0.3 is 6.18 Å². The van der Waals surface area contributed by atoms with Gasteiger partial charge in [-0.3, -0.25) is 4.79 Å². The standard InChI is InChI=1S/C14H12F3NOS/c15-14(16,17)12-7-4-8-13(19)18(12)9-10-20-11-5-2-1-3-6-11/h1-8H,9-10H2. The van der Waals surface area contributed by atoms with Crippen molar-refractivity contribution in [2.24, 2.45) is 0 Å². The second-order valence-electron chi connectivity index (χ2n) is 4.06. The number of halogens is 3. The van der Waals surface area contributed by atoms with E-state index >= 15 is 0 Å². The summed E-state index contributed by atoms with van der Waals surface area (Å²) < 4.78 is 39.2. The molecule has 0 unspecified atom stereocenters. The molecule has 106 valence electrons. The van der Waals surface area contributed by atoms with Crippen LogP contribution in [0.3, 0.4) is 0 Å². The minimum absolute atomic E-state index is 0.0219. The van der Waals surface area contributed by atoms with Crippen molar-refractivity contribution in [2.75, 3.05) is 5.75 Å². The predicted octanol–water partition coefficient (Wildman–Crippen LogP) is 3.66. The SMILES string of the molecule is O=c1cccc(C(F)(F)F)n1CCSc1ccccc1. The Morgan fingerprint density at radius 3 is 2.35 bits per heavy atom. The zero-order chi connectivity index (χ0) is 14.6. The molecule has 1 aromatic heterocycles. The average Bonchev–Trinajstić information content (AvgIpc) is 2.40. The maximum Gasteiger partial charge on any atom is 0.431 e. The summed E-state index contributed by atoms with van der Waals surface area (Å²) in [5.41, 5.74) is -1.54. The molecule has 1 aromatic carbocycles. The molecule has 0 N–H and O–H groups in total. The van der Waals surface area contributed by atoms with Gasteiger partial charge in [0, 0.05) is 23.3 Å². The summed E-state index contributed by atoms with van der Waals surface area (Å²) >= 11 is 1.42. The summed E-state index contributed by atoms with van der Waals surface area (Å²) in [5, 5.41) is 0. The van der Waals surface area contributed by atoms with Gasteiger partial charge in [0.15, 0.2) is 0 Å². The number of aromatic nitrogens is 1. The third-order valence-electron chi connectivity index (χ3n) is 2.67. The lowest BCUT2D eigenvalue weighted by Gasteiger charge is -2.14. The first-order valence-electron chi connectivity index (χ1n) is 5.93. The van der Waals surface area contributed by atoms with Gasteiger partial charge in [-0.2, -0.15) is 13.2 Å². The van der Waals surface area contributed by atoms with Crippen molar-refractivity contribution in [1.82, 2.24) is 4.57 Å². The molecule has 0 spiro atoms. The molecule has 1 heterocycles. The van der Waals surface area contributed by atoms with Gasteiger partial charge in [-0.25, -0.2) is 0 Å². The van der Waals surface area contributed by atoms with Gasteiger partial charge in [-0.05, 0) is 18.2 Å². The molecule has 0 aliphatic carbocycles. The first-order chi connectivity index (χ1) is 9.48. The minimum Gasteiger partial charge on any atom is -0.304 e. The molecule has 0 saturated carbocycles. The van der Waals surface area contributed by atoms with E-state index in [0.29, 0.717) is 5.75 Å². The molecule has 6 heteroatoms. The second-order valence-corrected chi connectivity index (χ2v) is 5.23. The van der Waals surface area contributed by atoms with E-state index in [2.05, 4.69) is 0 Å². The Balaban J connectivity index is 2.12. The lowest BCUT2D eigenvalue weighted by molar-refractivity contribution is -0.144. The van der Waals surface area contributed by atoms with Crippen molar-refractivity contribution >= 4 is 11.8 Å². The number of rotatable bonds is 4. The summed E-state index contributed by atoms with van der Waals surface area (Å²) in [6, 6.07) is 12.5. The van der Waals surface area contributed by atoms with Crippen LogP contribution in [0, 0.1) is 0 Å². The van der Waals surface area contributed by atoms with Crippen molar-refractivity contribution in [3.8, 4) is 0 Å². The Hall–Kier alpha value is -1.69. The maximum atomic E-state index is 12.8. The van der Waals surface area contributed by atoms with Crippen LogP contribution in [-0.2, 0) is 12.7 Å². The molecule has 2 nitrogen and oxygen atoms in total. The average molecular weight is 299 g/mol. The third-order valence-corrected chi connectivity index (χ3v) is 3.66. The minimum atomic E-state index is -4.52. The van der Waals surface area contributed by atoms with Gasteiger partial charge in [-0.1, -0.05) is 24.3 Å². The Morgan fingerprint density at radius 2 is 1.70 bits per heavy atom. The van der Waals surface area contributed by atoms with Gasteiger partial charge in [0.2, 0.25) is 0 Å². The number of hydrogen-bond donors (Lipinski definition) is 0. The monoisotopic (exact) mass is 299 g/mol. The molecule has 0 aliphatic heterocycles. The number of nitrogens with zero attached hydrogens (tertiary/aromatic N) is 1. The third kappa shape index (κ3) is 3.66. The van der Waals surface area contributed by atoms with Crippen LogP contribution in [0.15, 0.2) is 58.2 Å². The molecule has 0 aliphatic rings. The van der Waals surface area contributed by atoms with Crippen LogP contribution in [-0.4, -0.2) is 10.3 Å². The van der Waals surface area contributed by atoms with E-state index in [4.69, 9.17) is 0 Å². The van der Waals surface area contributed by atoms with Crippen LogP contribution in [0.4, 0.5) is 13.2 Å². The molecule has 0 radical (unpaired) electrons. The molecular weight excluding hydrogens is 287 g/mol. The van der Waals surface area contributed by atoms with E-state index in [1.807, 2.05) is 30.3 Å². The largest absolute Gasteiger partial charge is 0.431 e. The highest BCUT2D eigenvalue weighted by atomic mass is 32.2. The van der Waals surface area contributed by atoms with Crippen LogP contribution in [0.1, 0.15) is 5.69 Å². The number of benzene rings is 1. The first kappa shape index (κ1) is 14.7. The van der Waals surface area contributed by atoms with Gasteiger partial charge in [-0.15, -0.1) is 11.8 Å². The maximum absolute atomic E-state index is 12.8. The number of alkyl halides is 3. The summed E-state index contributed by atoms with van der Waals surface area (Å²) in [6.07, 6.45) is -4.52. The summed E-state index contributed by atoms with van der Waals surface area (Å²) in [5.74, 6) is 0.400. The number of pyridine rings is 1. The first-order valence-corrected chi connectivity index (χ1v) is 6.92. The molecule has 2 rings (SSSR count). The van der Waals surface area contributed by atoms with Crippen LogP contribution in [0.25, 0.3) is 0 Å². The molecular formula is C14H12F3NOS. The molecule has 0 amide bonds. The smallest absolute Gasteiger partial charge is 0.304 e. The second kappa shape index (κ2) is 6.17. The molecule has 0 atom stereocenters. The highest BCUT2D eigenvalue weighted by Gasteiger charge is 2.33. The Kier molecular flexibility index (Phi) is 4.54. The van der Waals surface area contributed by atoms with Crippen LogP contribution in [0.2, 0.25) is 0 Å². The van der Waals surface area contributed by atoms with Crippen molar-refractivity contribution < 1.29 is 13.2 Å². The molecule has 2 aromatic rings. The van der Waals surface area contributed by atoms with Crippen molar-refractivity contribution in [2.45, 2.75) is 17.6 Å². The molecule has 0 saturated heterocycles. The highest BCUT2D eigenvalue weighted by Crippen LogP contribution is 2.28. The van der Waals surface area contributed by atoms with E-state index in [0.717, 1.165) is 27.7 Å². The normalized spacial score (nSPS) is 11.6. The quantitative estimate of drug-likeness (QED) is 0.804. The van der Waals surface area contributed by atoms with Gasteiger partial charge in [0.05, 0.1) is 0 Å². The van der Waals surface area contributed by atoms with E-state index in [1.54, 1.807) is 0 Å². The van der Waals surface area contributed by atoms with E-state index in [1.165, 1.54) is 11.8 Å². The van der Waals surface area contributed by atoms with E-state index < -0.39 is 17.4 Å². The van der Waals surface area contributed by atoms with E-state index in [9.17, 15) is 18.0 Å². The van der Waals surface area contributed by atoms with E-state index in [-0.39, 0.29) is 6.54 Å². The fourth-order valence-corrected chi connectivity index (χ4v) is 2.63. The fraction of sp³-hybridized carbons (Fsp3) is 0.214. The van der Waals surface area contributed by atoms with Crippen molar-refractivity contribution in [3.05, 3.63) is 64.6 Å². The molecule has 20 heavy (non-hydrogen) atoms. The number of hydrogen-bond acceptors (Lipinski definition) is 2. The number of thioether (sulfide) groups is 1. The lowest BCUT2D eigenvalue weighted by Crippen LogP contribution is -2.27. The van der Waals surface area contributed by atoms with Gasteiger partial charge in [0.1, 0.15) is 5.69 Å². The fourth-order valence-electron chi connectivity index (χ4n) is 1.77. The lowest BCUT2D eigenvalue weighted by atomic mass is 10.3. The summed E-state index contributed by atoms with van der Waals surface area (Å²) in [7, 11) is 0. The molecule has 0 fully saturated rings. The van der Waals surface area contributed by atoms with Crippen molar-refractivity contribution in [1.29, 1.82) is 0 Å². The Bertz CT molecular complexity index is 622. The zero-order valence-electron chi connectivity index (χ0n) is 10.4. The Morgan fingerprint density at radius 1 is 1.00 bits per heavy atom. The molecule has 0 bridgehead atoms. The topological polar surface area (TPSA) is 22.0 Å². The van der Waals surface area contributed by atoms with Crippen LogP contribution in [0.5, 0.6) is 0 Å². The predicted molar refractivity (Wildman–Crippen MR) is 72.9 cm³/mol. The van der Waals surface area contributed by atoms with Gasteiger partial charge < -0.3 is 4.57 Å². The van der Waals surface area contributed by atoms with Gasteiger partial charge in [0.25, 0.3) is 5.56 Å². The summed E-state index contributed by atoms with van der Waals surface area (Å²) in [6.45, 7) is 0.0219. The highest BCUT2D eigenvalue weighted by molar-refractivity contribution is 7.99. The van der Waals surface area contributed by atoms with Crippen LogP contribution >= 0.6 is 11.8 Å². The summed E-state index contributed by atoms with van der Waals surface area (Å²) in [4.78, 5) is 12.5. The van der Waals surface area contributed by atoms with Crippen LogP contribution < -0.4 is 5.56 Å². The Labute approximate surface area is 118 Å². The zero-order valence-corrected chi connectivity index (χ0v) is 11.2. The van der Waals surface area contributed by atoms with Crippen molar-refractivity contribution in [3.63, 3.8) is 0 Å².